The largest absolute Gasteiger partial charge is 0.357 e. The Morgan fingerprint density at radius 1 is 1.18 bits per heavy atom. The van der Waals surface area contributed by atoms with Crippen molar-refractivity contribution in [2.75, 3.05) is 44.6 Å². The Bertz CT molecular complexity index is 706. The van der Waals surface area contributed by atoms with Crippen LogP contribution >= 0.6 is 35.6 Å². The molecule has 1 aliphatic heterocycles. The van der Waals surface area contributed by atoms with Crippen molar-refractivity contribution in [1.82, 2.24) is 15.1 Å². The lowest BCUT2D eigenvalue weighted by atomic mass is 10.2. The number of carbonyl (C=O) groups excluding carboxylic acids is 2. The highest BCUT2D eigenvalue weighted by molar-refractivity contribution is 14.0. The third-order valence-corrected chi connectivity index (χ3v) is 4.67. The Morgan fingerprint density at radius 3 is 2.39 bits per heavy atom. The highest BCUT2D eigenvalue weighted by atomic mass is 127. The van der Waals surface area contributed by atoms with Gasteiger partial charge in [0, 0.05) is 46.1 Å². The fourth-order valence-electron chi connectivity index (χ4n) is 2.86. The van der Waals surface area contributed by atoms with Crippen molar-refractivity contribution in [3.8, 4) is 0 Å². The summed E-state index contributed by atoms with van der Waals surface area (Å²) in [6.45, 7) is 9.51. The number of piperazine rings is 1. The van der Waals surface area contributed by atoms with Crippen LogP contribution in [-0.4, -0.2) is 66.8 Å². The van der Waals surface area contributed by atoms with Crippen molar-refractivity contribution in [3.63, 3.8) is 0 Å². The fraction of sp³-hybridized carbons (Fsp3) is 0.526. The summed E-state index contributed by atoms with van der Waals surface area (Å²) in [4.78, 5) is 32.1. The Kier molecular flexibility index (Phi) is 10.6. The van der Waals surface area contributed by atoms with Crippen molar-refractivity contribution < 1.29 is 9.59 Å². The molecule has 2 amide bonds. The summed E-state index contributed by atoms with van der Waals surface area (Å²) in [5, 5.41) is 6.61. The smallest absolute Gasteiger partial charge is 0.226 e. The number of aliphatic imine (C=N–C) groups is 1. The van der Waals surface area contributed by atoms with Crippen molar-refractivity contribution in [1.29, 1.82) is 0 Å². The number of nitrogens with zero attached hydrogens (tertiary/aromatic N) is 3. The normalized spacial score (nSPS) is 14.4. The van der Waals surface area contributed by atoms with E-state index in [1.165, 1.54) is 0 Å². The maximum atomic E-state index is 12.2. The number of anilines is 1. The second-order valence-corrected chi connectivity index (χ2v) is 6.92. The average molecular weight is 522 g/mol. The lowest BCUT2D eigenvalue weighted by Crippen LogP contribution is -2.53. The summed E-state index contributed by atoms with van der Waals surface area (Å²) in [6.07, 6.45) is 0.270. The summed E-state index contributed by atoms with van der Waals surface area (Å²) in [7, 11) is 0. The van der Waals surface area contributed by atoms with Crippen LogP contribution in [0.3, 0.4) is 0 Å². The number of halogens is 2. The Labute approximate surface area is 188 Å². The minimum Gasteiger partial charge on any atom is -0.357 e. The number of amides is 2. The summed E-state index contributed by atoms with van der Waals surface area (Å²) < 4.78 is 0. The molecule has 1 aromatic carbocycles. The van der Waals surface area contributed by atoms with Crippen LogP contribution in [0.15, 0.2) is 23.2 Å². The van der Waals surface area contributed by atoms with Crippen molar-refractivity contribution in [2.24, 2.45) is 4.99 Å². The minimum absolute atomic E-state index is 0. The van der Waals surface area contributed by atoms with Crippen LogP contribution in [0.4, 0.5) is 5.69 Å². The van der Waals surface area contributed by atoms with E-state index in [0.29, 0.717) is 30.3 Å². The van der Waals surface area contributed by atoms with Gasteiger partial charge in [0.15, 0.2) is 5.96 Å². The van der Waals surface area contributed by atoms with Crippen molar-refractivity contribution in [2.45, 2.75) is 27.2 Å². The van der Waals surface area contributed by atoms with E-state index in [9.17, 15) is 9.59 Å². The fourth-order valence-corrected chi connectivity index (χ4v) is 3.14. The second kappa shape index (κ2) is 12.1. The Balaban J connectivity index is 0.00000392. The molecule has 1 aliphatic rings. The third kappa shape index (κ3) is 7.46. The molecule has 0 spiro atoms. The number of aryl methyl sites for hydroxylation is 1. The summed E-state index contributed by atoms with van der Waals surface area (Å²) in [5.41, 5.74) is 1.66. The zero-order chi connectivity index (χ0) is 19.8. The summed E-state index contributed by atoms with van der Waals surface area (Å²) in [6, 6.07) is 5.53. The van der Waals surface area contributed by atoms with E-state index in [2.05, 4.69) is 20.5 Å². The molecule has 1 aromatic rings. The molecular weight excluding hydrogens is 493 g/mol. The molecule has 0 saturated carbocycles. The predicted molar refractivity (Wildman–Crippen MR) is 125 cm³/mol. The maximum Gasteiger partial charge on any atom is 0.226 e. The average Bonchev–Trinajstić information content (AvgIpc) is 2.63. The highest BCUT2D eigenvalue weighted by Crippen LogP contribution is 2.22. The van der Waals surface area contributed by atoms with Crippen LogP contribution in [0, 0.1) is 6.92 Å². The van der Waals surface area contributed by atoms with Crippen molar-refractivity contribution in [3.05, 3.63) is 28.8 Å². The maximum absolute atomic E-state index is 12.2. The van der Waals surface area contributed by atoms with Gasteiger partial charge in [0.05, 0.1) is 17.3 Å². The van der Waals surface area contributed by atoms with E-state index in [0.717, 1.165) is 31.2 Å². The molecule has 2 N–H and O–H groups in total. The number of guanidine groups is 1. The van der Waals surface area contributed by atoms with Crippen LogP contribution in [0.2, 0.25) is 5.02 Å². The molecule has 2 rings (SSSR count). The first kappa shape index (κ1) is 24.5. The van der Waals surface area contributed by atoms with Gasteiger partial charge in [-0.3, -0.25) is 14.6 Å². The van der Waals surface area contributed by atoms with Gasteiger partial charge in [-0.2, -0.15) is 0 Å². The molecule has 0 bridgehead atoms. The molecule has 1 fully saturated rings. The van der Waals surface area contributed by atoms with Crippen LogP contribution in [0.5, 0.6) is 0 Å². The zero-order valence-electron chi connectivity index (χ0n) is 16.6. The quantitative estimate of drug-likeness (QED) is 0.355. The molecule has 28 heavy (non-hydrogen) atoms. The van der Waals surface area contributed by atoms with E-state index >= 15 is 0 Å². The molecule has 0 aromatic heterocycles. The molecule has 1 saturated heterocycles. The van der Waals surface area contributed by atoms with E-state index < -0.39 is 0 Å². The molecule has 0 radical (unpaired) electrons. The van der Waals surface area contributed by atoms with Gasteiger partial charge < -0.3 is 20.4 Å². The van der Waals surface area contributed by atoms with E-state index in [-0.39, 0.29) is 42.2 Å². The third-order valence-electron chi connectivity index (χ3n) is 4.36. The van der Waals surface area contributed by atoms with Gasteiger partial charge in [-0.1, -0.05) is 17.7 Å². The van der Waals surface area contributed by atoms with Gasteiger partial charge in [-0.25, -0.2) is 0 Å². The van der Waals surface area contributed by atoms with Crippen LogP contribution < -0.4 is 10.6 Å². The molecule has 156 valence electrons. The van der Waals surface area contributed by atoms with Crippen LogP contribution in [-0.2, 0) is 9.59 Å². The van der Waals surface area contributed by atoms with Gasteiger partial charge in [0.25, 0.3) is 0 Å². The highest BCUT2D eigenvalue weighted by Gasteiger charge is 2.20. The van der Waals surface area contributed by atoms with Gasteiger partial charge in [-0.15, -0.1) is 24.0 Å². The topological polar surface area (TPSA) is 77.0 Å². The molecule has 1 heterocycles. The number of rotatable bonds is 5. The van der Waals surface area contributed by atoms with Crippen LogP contribution in [0.1, 0.15) is 25.8 Å². The Hall–Kier alpha value is -1.55. The molecule has 9 heteroatoms. The summed E-state index contributed by atoms with van der Waals surface area (Å²) in [5.74, 6) is 0.756. The number of benzene rings is 1. The number of nitrogens with one attached hydrogen (secondary N) is 2. The van der Waals surface area contributed by atoms with E-state index in [1.807, 2.05) is 30.9 Å². The molecular formula is C19H29ClIN5O2. The molecule has 7 nitrogen and oxygen atoms in total. The van der Waals surface area contributed by atoms with Gasteiger partial charge in [0.1, 0.15) is 0 Å². The monoisotopic (exact) mass is 521 g/mol. The SMILES string of the molecule is CCNC(=NCCC(=O)Nc1ccc(C)cc1Cl)N1CCN(C(C)=O)CC1.I. The Morgan fingerprint density at radius 2 is 1.82 bits per heavy atom. The summed E-state index contributed by atoms with van der Waals surface area (Å²) >= 11 is 6.15. The first-order valence-corrected chi connectivity index (χ1v) is 9.63. The lowest BCUT2D eigenvalue weighted by Gasteiger charge is -2.36. The van der Waals surface area contributed by atoms with E-state index in [4.69, 9.17) is 11.6 Å². The molecule has 0 aliphatic carbocycles. The number of hydrogen-bond donors (Lipinski definition) is 2. The number of carbonyl (C=O) groups is 2. The first-order chi connectivity index (χ1) is 12.9. The minimum atomic E-state index is -0.123. The standard InChI is InChI=1S/C19H28ClN5O2.HI/c1-4-21-19(25-11-9-24(10-12-25)15(3)26)22-8-7-18(27)23-17-6-5-14(2)13-16(17)20;/h5-6,13H,4,7-12H2,1-3H3,(H,21,22)(H,23,27);1H. The van der Waals surface area contributed by atoms with Crippen LogP contribution in [0.25, 0.3) is 0 Å². The predicted octanol–water partition coefficient (Wildman–Crippen LogP) is 2.72. The second-order valence-electron chi connectivity index (χ2n) is 6.51. The van der Waals surface area contributed by atoms with Gasteiger partial charge in [0.2, 0.25) is 11.8 Å². The van der Waals surface area contributed by atoms with Crippen molar-refractivity contribution >= 4 is 59.0 Å². The zero-order valence-corrected chi connectivity index (χ0v) is 19.7. The van der Waals surface area contributed by atoms with E-state index in [1.54, 1.807) is 13.0 Å². The lowest BCUT2D eigenvalue weighted by molar-refractivity contribution is -0.130. The molecule has 0 atom stereocenters. The number of hydrogen-bond acceptors (Lipinski definition) is 3. The molecule has 0 unspecified atom stereocenters. The van der Waals surface area contributed by atoms with Gasteiger partial charge >= 0.3 is 0 Å². The van der Waals surface area contributed by atoms with Gasteiger partial charge in [-0.05, 0) is 31.5 Å². The first-order valence-electron chi connectivity index (χ1n) is 9.25.